The second-order valence-electron chi connectivity index (χ2n) is 2.09. The van der Waals surface area contributed by atoms with Crippen molar-refractivity contribution < 1.29 is 14.4 Å². The van der Waals surface area contributed by atoms with E-state index in [1.165, 1.54) is 0 Å². The van der Waals surface area contributed by atoms with Crippen LogP contribution in [-0.4, -0.2) is 20.8 Å². The number of alkyl halides is 2. The molecule has 0 aliphatic carbocycles. The SMILES string of the molecule is CC(CCl)C(Cl)P(=O)(O)O. The summed E-state index contributed by atoms with van der Waals surface area (Å²) in [5.41, 5.74) is 0. The van der Waals surface area contributed by atoms with E-state index >= 15 is 0 Å². The van der Waals surface area contributed by atoms with Crippen LogP contribution >= 0.6 is 30.8 Å². The summed E-state index contributed by atoms with van der Waals surface area (Å²) in [6, 6.07) is 0. The summed E-state index contributed by atoms with van der Waals surface area (Å²) in [4.78, 5) is 17.0. The van der Waals surface area contributed by atoms with Crippen LogP contribution in [0.25, 0.3) is 0 Å². The molecule has 0 aromatic rings. The predicted octanol–water partition coefficient (Wildman–Crippen LogP) is 1.60. The molecule has 6 heteroatoms. The zero-order valence-corrected chi connectivity index (χ0v) is 7.77. The Kier molecular flexibility index (Phi) is 4.22. The first-order chi connectivity index (χ1) is 4.39. The molecule has 0 saturated carbocycles. The van der Waals surface area contributed by atoms with Gasteiger partial charge in [0.05, 0.1) is 0 Å². The highest BCUT2D eigenvalue weighted by Gasteiger charge is 2.30. The monoisotopic (exact) mass is 206 g/mol. The molecule has 2 unspecified atom stereocenters. The molecule has 0 fully saturated rings. The highest BCUT2D eigenvalue weighted by Crippen LogP contribution is 2.47. The van der Waals surface area contributed by atoms with E-state index in [0.29, 0.717) is 0 Å². The maximum absolute atomic E-state index is 10.4. The molecular weight excluding hydrogens is 198 g/mol. The van der Waals surface area contributed by atoms with E-state index in [2.05, 4.69) is 0 Å². The molecule has 0 radical (unpaired) electrons. The average molecular weight is 207 g/mol. The molecule has 2 atom stereocenters. The van der Waals surface area contributed by atoms with Gasteiger partial charge in [-0.05, 0) is 5.92 Å². The molecule has 0 amide bonds. The van der Waals surface area contributed by atoms with Crippen LogP contribution in [-0.2, 0) is 4.57 Å². The molecule has 0 bridgehead atoms. The number of rotatable bonds is 3. The minimum Gasteiger partial charge on any atom is -0.323 e. The smallest absolute Gasteiger partial charge is 0.323 e. The Labute approximate surface area is 69.5 Å². The summed E-state index contributed by atoms with van der Waals surface area (Å²) in [5.74, 6) is -0.219. The predicted molar refractivity (Wildman–Crippen MR) is 41.6 cm³/mol. The maximum atomic E-state index is 10.4. The third-order valence-corrected chi connectivity index (χ3v) is 3.87. The molecule has 0 aromatic carbocycles. The largest absolute Gasteiger partial charge is 0.343 e. The summed E-state index contributed by atoms with van der Waals surface area (Å²) in [5, 5.41) is -1.16. The van der Waals surface area contributed by atoms with Gasteiger partial charge in [-0.2, -0.15) is 0 Å². The first-order valence-corrected chi connectivity index (χ1v) is 5.30. The van der Waals surface area contributed by atoms with Gasteiger partial charge in [-0.15, -0.1) is 23.2 Å². The molecule has 0 rings (SSSR count). The molecule has 62 valence electrons. The molecule has 2 N–H and O–H groups in total. The highest BCUT2D eigenvalue weighted by atomic mass is 35.5. The second kappa shape index (κ2) is 3.93. The molecule has 0 saturated heterocycles. The summed E-state index contributed by atoms with van der Waals surface area (Å²) in [7, 11) is -4.15. The van der Waals surface area contributed by atoms with Crippen molar-refractivity contribution in [3.05, 3.63) is 0 Å². The highest BCUT2D eigenvalue weighted by molar-refractivity contribution is 7.54. The summed E-state index contributed by atoms with van der Waals surface area (Å²) >= 11 is 10.7. The van der Waals surface area contributed by atoms with Crippen molar-refractivity contribution in [3.63, 3.8) is 0 Å². The third-order valence-electron chi connectivity index (χ3n) is 1.03. The van der Waals surface area contributed by atoms with Crippen molar-refractivity contribution in [1.29, 1.82) is 0 Å². The van der Waals surface area contributed by atoms with Gasteiger partial charge in [0, 0.05) is 5.88 Å². The lowest BCUT2D eigenvalue weighted by Crippen LogP contribution is -2.12. The van der Waals surface area contributed by atoms with Gasteiger partial charge in [-0.3, -0.25) is 4.57 Å². The lowest BCUT2D eigenvalue weighted by atomic mass is 10.3. The molecule has 3 nitrogen and oxygen atoms in total. The number of halogens is 2. The Morgan fingerprint density at radius 3 is 2.10 bits per heavy atom. The van der Waals surface area contributed by atoms with Gasteiger partial charge in [0.25, 0.3) is 0 Å². The van der Waals surface area contributed by atoms with Gasteiger partial charge >= 0.3 is 7.60 Å². The summed E-state index contributed by atoms with van der Waals surface area (Å²) in [6.07, 6.45) is 0. The fourth-order valence-corrected chi connectivity index (χ4v) is 1.66. The lowest BCUT2D eigenvalue weighted by Gasteiger charge is -2.15. The van der Waals surface area contributed by atoms with Crippen LogP contribution in [0.5, 0.6) is 0 Å². The molecular formula is C4H9Cl2O3P. The van der Waals surface area contributed by atoms with Crippen molar-refractivity contribution in [2.45, 2.75) is 12.0 Å². The van der Waals surface area contributed by atoms with Crippen LogP contribution in [0.1, 0.15) is 6.92 Å². The van der Waals surface area contributed by atoms with Crippen molar-refractivity contribution in [2.75, 3.05) is 5.88 Å². The first kappa shape index (κ1) is 10.7. The molecule has 0 aliphatic heterocycles. The topological polar surface area (TPSA) is 57.5 Å². The van der Waals surface area contributed by atoms with Crippen LogP contribution in [0.2, 0.25) is 0 Å². The Morgan fingerprint density at radius 1 is 1.60 bits per heavy atom. The maximum Gasteiger partial charge on any atom is 0.343 e. The van der Waals surface area contributed by atoms with Crippen LogP contribution in [0.15, 0.2) is 0 Å². The minimum atomic E-state index is -4.15. The van der Waals surface area contributed by atoms with Gasteiger partial charge in [-0.1, -0.05) is 6.92 Å². The molecule has 0 spiro atoms. The zero-order chi connectivity index (χ0) is 8.36. The second-order valence-corrected chi connectivity index (χ2v) is 4.91. The van der Waals surface area contributed by atoms with Gasteiger partial charge in [0.1, 0.15) is 5.12 Å². The average Bonchev–Trinajstić information content (AvgIpc) is 1.83. The van der Waals surface area contributed by atoms with E-state index < -0.39 is 12.7 Å². The van der Waals surface area contributed by atoms with Crippen LogP contribution in [0, 0.1) is 5.92 Å². The number of hydrogen-bond acceptors (Lipinski definition) is 1. The zero-order valence-electron chi connectivity index (χ0n) is 5.37. The molecule has 10 heavy (non-hydrogen) atoms. The van der Waals surface area contributed by atoms with E-state index in [1.54, 1.807) is 6.92 Å². The third kappa shape index (κ3) is 3.22. The van der Waals surface area contributed by atoms with Crippen molar-refractivity contribution in [3.8, 4) is 0 Å². The quantitative estimate of drug-likeness (QED) is 0.545. The summed E-state index contributed by atoms with van der Waals surface area (Å²) in [6.45, 7) is 1.59. The van der Waals surface area contributed by atoms with E-state index in [1.807, 2.05) is 0 Å². The fraction of sp³-hybridized carbons (Fsp3) is 1.00. The van der Waals surface area contributed by atoms with Crippen molar-refractivity contribution in [2.24, 2.45) is 5.92 Å². The van der Waals surface area contributed by atoms with Gasteiger partial charge in [-0.25, -0.2) is 0 Å². The van der Waals surface area contributed by atoms with E-state index in [4.69, 9.17) is 33.0 Å². The standard InChI is InChI=1S/C4H9Cl2O3P/c1-3(2-5)4(6)10(7,8)9/h3-4H,2H2,1H3,(H2,7,8,9). The van der Waals surface area contributed by atoms with E-state index in [9.17, 15) is 4.57 Å². The van der Waals surface area contributed by atoms with Gasteiger partial charge in [0.2, 0.25) is 0 Å². The Balaban J connectivity index is 4.08. The number of hydrogen-bond donors (Lipinski definition) is 2. The Bertz CT molecular complexity index is 145. The van der Waals surface area contributed by atoms with Crippen LogP contribution in [0.4, 0.5) is 0 Å². The fourth-order valence-electron chi connectivity index (χ4n) is 0.405. The molecule has 0 aromatic heterocycles. The van der Waals surface area contributed by atoms with Crippen LogP contribution in [0.3, 0.4) is 0 Å². The summed E-state index contributed by atoms with van der Waals surface area (Å²) < 4.78 is 10.4. The lowest BCUT2D eigenvalue weighted by molar-refractivity contribution is 0.360. The van der Waals surface area contributed by atoms with Gasteiger partial charge in [0.15, 0.2) is 0 Å². The molecule has 0 aliphatic rings. The van der Waals surface area contributed by atoms with Crippen molar-refractivity contribution in [1.82, 2.24) is 0 Å². The normalized spacial score (nSPS) is 18.5. The Morgan fingerprint density at radius 2 is 2.00 bits per heavy atom. The van der Waals surface area contributed by atoms with Crippen molar-refractivity contribution >= 4 is 30.8 Å². The minimum absolute atomic E-state index is 0.152. The Hall–Kier alpha value is 0.730. The van der Waals surface area contributed by atoms with E-state index in [-0.39, 0.29) is 11.8 Å². The first-order valence-electron chi connectivity index (χ1n) is 2.65. The van der Waals surface area contributed by atoms with Crippen LogP contribution < -0.4 is 0 Å². The van der Waals surface area contributed by atoms with E-state index in [0.717, 1.165) is 0 Å². The van der Waals surface area contributed by atoms with Gasteiger partial charge < -0.3 is 9.79 Å². The molecule has 0 heterocycles.